The highest BCUT2D eigenvalue weighted by molar-refractivity contribution is 5.51. The Morgan fingerprint density at radius 2 is 2.23 bits per heavy atom. The van der Waals surface area contributed by atoms with Gasteiger partial charge in [-0.1, -0.05) is 13.8 Å². The number of rotatable bonds is 1. The van der Waals surface area contributed by atoms with Gasteiger partial charge in [0.25, 0.3) is 5.56 Å². The fourth-order valence-electron chi connectivity index (χ4n) is 1.93. The van der Waals surface area contributed by atoms with Crippen molar-refractivity contribution in [2.75, 3.05) is 11.9 Å². The zero-order valence-corrected chi connectivity index (χ0v) is 8.22. The van der Waals surface area contributed by atoms with Crippen LogP contribution < -0.4 is 10.9 Å². The van der Waals surface area contributed by atoms with E-state index in [-0.39, 0.29) is 5.56 Å². The summed E-state index contributed by atoms with van der Waals surface area (Å²) in [5.74, 6) is 1.78. The van der Waals surface area contributed by atoms with Crippen LogP contribution in [0.2, 0.25) is 0 Å². The number of nitrogens with zero attached hydrogens (tertiary/aromatic N) is 1. The molecule has 1 aromatic rings. The van der Waals surface area contributed by atoms with E-state index in [0.29, 0.717) is 11.8 Å². The maximum absolute atomic E-state index is 11.7. The van der Waals surface area contributed by atoms with Crippen molar-refractivity contribution in [1.29, 1.82) is 0 Å². The minimum atomic E-state index is 0.110. The average molecular weight is 181 g/mol. The van der Waals surface area contributed by atoms with E-state index in [4.69, 9.17) is 0 Å². The number of aryl methyl sites for hydroxylation is 1. The molecule has 0 unspecified atom stereocenters. The monoisotopic (exact) mass is 181 g/mol. The predicted octanol–water partition coefficient (Wildman–Crippen LogP) is 0.879. The van der Waals surface area contributed by atoms with Crippen molar-refractivity contribution in [2.24, 2.45) is 13.0 Å². The number of H-pyrrole nitrogens is 1. The van der Waals surface area contributed by atoms with E-state index in [9.17, 15) is 4.79 Å². The molecule has 4 heteroatoms. The second kappa shape index (κ2) is 2.65. The molecule has 1 aliphatic heterocycles. The van der Waals surface area contributed by atoms with Crippen LogP contribution in [-0.2, 0) is 7.05 Å². The molecule has 13 heavy (non-hydrogen) atoms. The second-order valence-electron chi connectivity index (χ2n) is 4.00. The lowest BCUT2D eigenvalue weighted by Crippen LogP contribution is -2.21. The Hall–Kier alpha value is -1.19. The molecule has 72 valence electrons. The van der Waals surface area contributed by atoms with Crippen LogP contribution >= 0.6 is 0 Å². The highest BCUT2D eigenvalue weighted by Crippen LogP contribution is 2.32. The molecule has 2 rings (SSSR count). The summed E-state index contributed by atoms with van der Waals surface area (Å²) in [5.41, 5.74) is 1.04. The third-order valence-corrected chi connectivity index (χ3v) is 2.76. The second-order valence-corrected chi connectivity index (χ2v) is 4.00. The van der Waals surface area contributed by atoms with Crippen molar-refractivity contribution in [1.82, 2.24) is 9.78 Å². The summed E-state index contributed by atoms with van der Waals surface area (Å²) in [6.45, 7) is 5.18. The quantitative estimate of drug-likeness (QED) is 0.675. The van der Waals surface area contributed by atoms with Crippen molar-refractivity contribution < 1.29 is 0 Å². The van der Waals surface area contributed by atoms with Gasteiger partial charge in [-0.3, -0.25) is 14.6 Å². The molecule has 0 aliphatic carbocycles. The Balaban J connectivity index is 2.52. The van der Waals surface area contributed by atoms with Gasteiger partial charge in [0.15, 0.2) is 0 Å². The van der Waals surface area contributed by atoms with Crippen LogP contribution in [-0.4, -0.2) is 16.3 Å². The van der Waals surface area contributed by atoms with Crippen LogP contribution in [0.25, 0.3) is 0 Å². The Kier molecular flexibility index (Phi) is 1.71. The van der Waals surface area contributed by atoms with Crippen LogP contribution in [0.5, 0.6) is 0 Å². The minimum Gasteiger partial charge on any atom is -0.370 e. The summed E-state index contributed by atoms with van der Waals surface area (Å²) in [6.07, 6.45) is 0. The highest BCUT2D eigenvalue weighted by atomic mass is 16.1. The van der Waals surface area contributed by atoms with Crippen LogP contribution in [0, 0.1) is 5.92 Å². The highest BCUT2D eigenvalue weighted by Gasteiger charge is 2.30. The fourth-order valence-corrected chi connectivity index (χ4v) is 1.93. The van der Waals surface area contributed by atoms with Gasteiger partial charge in [-0.15, -0.1) is 0 Å². The molecule has 2 N–H and O–H groups in total. The van der Waals surface area contributed by atoms with Crippen molar-refractivity contribution in [2.45, 2.75) is 19.8 Å². The number of hydrogen-bond donors (Lipinski definition) is 2. The molecule has 1 aliphatic rings. The van der Waals surface area contributed by atoms with Gasteiger partial charge in [0, 0.05) is 19.5 Å². The standard InChI is InChI=1S/C9H15N3O/c1-5(2)6-4-10-8-7(6)9(13)12(3)11-8/h5-6,10-11H,4H2,1-3H3/t6-/m1/s1. The Morgan fingerprint density at radius 1 is 1.54 bits per heavy atom. The summed E-state index contributed by atoms with van der Waals surface area (Å²) >= 11 is 0. The minimum absolute atomic E-state index is 0.110. The molecule has 0 saturated carbocycles. The van der Waals surface area contributed by atoms with E-state index in [1.165, 1.54) is 4.68 Å². The van der Waals surface area contributed by atoms with Gasteiger partial charge in [-0.2, -0.15) is 0 Å². The smallest absolute Gasteiger partial charge is 0.271 e. The van der Waals surface area contributed by atoms with Crippen LogP contribution in [0.4, 0.5) is 5.82 Å². The molecule has 1 aromatic heterocycles. The van der Waals surface area contributed by atoms with E-state index in [1.54, 1.807) is 7.05 Å². The van der Waals surface area contributed by atoms with Crippen molar-refractivity contribution in [3.8, 4) is 0 Å². The van der Waals surface area contributed by atoms with Crippen molar-refractivity contribution in [3.05, 3.63) is 15.9 Å². The molecule has 0 aromatic carbocycles. The predicted molar refractivity (Wildman–Crippen MR) is 52.1 cm³/mol. The first-order valence-corrected chi connectivity index (χ1v) is 4.64. The van der Waals surface area contributed by atoms with Crippen LogP contribution in [0.3, 0.4) is 0 Å². The van der Waals surface area contributed by atoms with Gasteiger partial charge < -0.3 is 5.32 Å². The lowest BCUT2D eigenvalue weighted by atomic mass is 9.92. The molecular formula is C9H15N3O. The zero-order valence-electron chi connectivity index (χ0n) is 8.22. The first-order chi connectivity index (χ1) is 6.11. The third-order valence-electron chi connectivity index (χ3n) is 2.76. The summed E-state index contributed by atoms with van der Waals surface area (Å²) in [6, 6.07) is 0. The molecule has 0 saturated heterocycles. The third kappa shape index (κ3) is 1.08. The SMILES string of the molecule is CC(C)[C@H]1CNc2[nH]n(C)c(=O)c21. The largest absolute Gasteiger partial charge is 0.370 e. The molecular weight excluding hydrogens is 166 g/mol. The number of aromatic nitrogens is 2. The first-order valence-electron chi connectivity index (χ1n) is 4.64. The summed E-state index contributed by atoms with van der Waals surface area (Å²) in [5, 5.41) is 6.22. The average Bonchev–Trinajstić information content (AvgIpc) is 2.55. The van der Waals surface area contributed by atoms with Crippen molar-refractivity contribution in [3.63, 3.8) is 0 Å². The number of fused-ring (bicyclic) bond motifs is 1. The number of nitrogens with one attached hydrogen (secondary N) is 2. The molecule has 0 amide bonds. The van der Waals surface area contributed by atoms with Gasteiger partial charge in [0.2, 0.25) is 0 Å². The Labute approximate surface area is 76.9 Å². The van der Waals surface area contributed by atoms with Gasteiger partial charge in [0.05, 0.1) is 5.56 Å². The Bertz CT molecular complexity index is 375. The van der Waals surface area contributed by atoms with Gasteiger partial charge in [0.1, 0.15) is 5.82 Å². The molecule has 1 atom stereocenters. The molecule has 0 radical (unpaired) electrons. The summed E-state index contributed by atoms with van der Waals surface area (Å²) in [7, 11) is 1.75. The van der Waals surface area contributed by atoms with E-state index in [1.807, 2.05) is 0 Å². The summed E-state index contributed by atoms with van der Waals surface area (Å²) < 4.78 is 1.53. The zero-order chi connectivity index (χ0) is 9.59. The van der Waals surface area contributed by atoms with E-state index in [2.05, 4.69) is 24.3 Å². The number of hydrogen-bond acceptors (Lipinski definition) is 2. The van der Waals surface area contributed by atoms with Crippen LogP contribution in [0.1, 0.15) is 25.3 Å². The fraction of sp³-hybridized carbons (Fsp3) is 0.667. The topological polar surface area (TPSA) is 49.8 Å². The maximum Gasteiger partial charge on any atom is 0.271 e. The number of anilines is 1. The summed E-state index contributed by atoms with van der Waals surface area (Å²) in [4.78, 5) is 11.7. The van der Waals surface area contributed by atoms with E-state index in [0.717, 1.165) is 17.9 Å². The molecule has 0 spiro atoms. The molecule has 0 bridgehead atoms. The first kappa shape index (κ1) is 8.41. The van der Waals surface area contributed by atoms with Crippen molar-refractivity contribution >= 4 is 5.82 Å². The normalized spacial score (nSPS) is 20.5. The maximum atomic E-state index is 11.7. The lowest BCUT2D eigenvalue weighted by Gasteiger charge is -2.11. The molecule has 4 nitrogen and oxygen atoms in total. The van der Waals surface area contributed by atoms with Gasteiger partial charge in [-0.25, -0.2) is 0 Å². The number of aromatic amines is 1. The molecule has 2 heterocycles. The molecule has 0 fully saturated rings. The van der Waals surface area contributed by atoms with E-state index < -0.39 is 0 Å². The lowest BCUT2D eigenvalue weighted by molar-refractivity contribution is 0.526. The van der Waals surface area contributed by atoms with Gasteiger partial charge in [-0.05, 0) is 5.92 Å². The van der Waals surface area contributed by atoms with Crippen LogP contribution in [0.15, 0.2) is 4.79 Å². The Morgan fingerprint density at radius 3 is 2.85 bits per heavy atom. The van der Waals surface area contributed by atoms with E-state index >= 15 is 0 Å². The van der Waals surface area contributed by atoms with Gasteiger partial charge >= 0.3 is 0 Å².